The molecular weight excluding hydrogens is 200 g/mol. The van der Waals surface area contributed by atoms with Crippen molar-refractivity contribution in [3.63, 3.8) is 0 Å². The molecule has 0 aliphatic heterocycles. The van der Waals surface area contributed by atoms with Crippen LogP contribution in [0.1, 0.15) is 31.7 Å². The molecule has 1 aromatic rings. The van der Waals surface area contributed by atoms with Gasteiger partial charge in [-0.3, -0.25) is 4.98 Å². The Kier molecular flexibility index (Phi) is 6.04. The summed E-state index contributed by atoms with van der Waals surface area (Å²) >= 11 is 0. The van der Waals surface area contributed by atoms with E-state index in [-0.39, 0.29) is 0 Å². The highest BCUT2D eigenvalue weighted by atomic mass is 16.5. The lowest BCUT2D eigenvalue weighted by atomic mass is 9.92. The van der Waals surface area contributed by atoms with Gasteiger partial charge in [0, 0.05) is 31.6 Å². The van der Waals surface area contributed by atoms with E-state index in [1.807, 2.05) is 26.4 Å². The first kappa shape index (κ1) is 13.1. The summed E-state index contributed by atoms with van der Waals surface area (Å²) in [4.78, 5) is 4.04. The van der Waals surface area contributed by atoms with Crippen LogP contribution >= 0.6 is 0 Å². The van der Waals surface area contributed by atoms with Gasteiger partial charge in [0.15, 0.2) is 0 Å². The maximum atomic E-state index is 5.40. The van der Waals surface area contributed by atoms with Gasteiger partial charge in [-0.2, -0.15) is 0 Å². The Balaban J connectivity index is 2.52. The SMILES string of the molecule is CCOCCC(NC)C(C)c1ccncc1. The molecule has 0 radical (unpaired) electrons. The molecule has 0 saturated carbocycles. The van der Waals surface area contributed by atoms with Crippen molar-refractivity contribution in [1.29, 1.82) is 0 Å². The first-order valence-electron chi connectivity index (χ1n) is 5.94. The van der Waals surface area contributed by atoms with E-state index in [9.17, 15) is 0 Å². The molecule has 2 unspecified atom stereocenters. The molecule has 3 nitrogen and oxygen atoms in total. The van der Waals surface area contributed by atoms with E-state index in [1.54, 1.807) is 0 Å². The maximum Gasteiger partial charge on any atom is 0.0480 e. The van der Waals surface area contributed by atoms with Gasteiger partial charge in [0.25, 0.3) is 0 Å². The third-order valence-electron chi connectivity index (χ3n) is 2.98. The first-order chi connectivity index (χ1) is 7.79. The van der Waals surface area contributed by atoms with Crippen molar-refractivity contribution in [2.24, 2.45) is 0 Å². The first-order valence-corrected chi connectivity index (χ1v) is 5.94. The van der Waals surface area contributed by atoms with Crippen LogP contribution in [0, 0.1) is 0 Å². The maximum absolute atomic E-state index is 5.40. The van der Waals surface area contributed by atoms with E-state index in [0.29, 0.717) is 12.0 Å². The molecule has 0 saturated heterocycles. The van der Waals surface area contributed by atoms with Gasteiger partial charge in [0.1, 0.15) is 0 Å². The fourth-order valence-electron chi connectivity index (χ4n) is 1.90. The molecule has 1 rings (SSSR count). The topological polar surface area (TPSA) is 34.1 Å². The van der Waals surface area contributed by atoms with Crippen molar-refractivity contribution in [3.8, 4) is 0 Å². The third-order valence-corrected chi connectivity index (χ3v) is 2.98. The minimum Gasteiger partial charge on any atom is -0.382 e. The van der Waals surface area contributed by atoms with Crippen molar-refractivity contribution in [3.05, 3.63) is 30.1 Å². The lowest BCUT2D eigenvalue weighted by Crippen LogP contribution is -2.32. The summed E-state index contributed by atoms with van der Waals surface area (Å²) in [6.45, 7) is 5.88. The Hall–Kier alpha value is -0.930. The highest BCUT2D eigenvalue weighted by Gasteiger charge is 2.16. The number of hydrogen-bond acceptors (Lipinski definition) is 3. The Bertz CT molecular complexity index is 277. The monoisotopic (exact) mass is 222 g/mol. The second-order valence-corrected chi connectivity index (χ2v) is 3.95. The van der Waals surface area contributed by atoms with Crippen LogP contribution in [0.15, 0.2) is 24.5 Å². The van der Waals surface area contributed by atoms with E-state index >= 15 is 0 Å². The molecule has 3 heteroatoms. The van der Waals surface area contributed by atoms with Gasteiger partial charge in [-0.15, -0.1) is 0 Å². The highest BCUT2D eigenvalue weighted by Crippen LogP contribution is 2.20. The highest BCUT2D eigenvalue weighted by molar-refractivity contribution is 5.16. The summed E-state index contributed by atoms with van der Waals surface area (Å²) in [5.74, 6) is 0.480. The lowest BCUT2D eigenvalue weighted by Gasteiger charge is -2.23. The molecule has 1 aromatic heterocycles. The number of rotatable bonds is 7. The van der Waals surface area contributed by atoms with Crippen molar-refractivity contribution >= 4 is 0 Å². The van der Waals surface area contributed by atoms with Crippen LogP contribution in [-0.2, 0) is 4.74 Å². The average Bonchev–Trinajstić information content (AvgIpc) is 2.35. The second-order valence-electron chi connectivity index (χ2n) is 3.95. The van der Waals surface area contributed by atoms with Gasteiger partial charge in [-0.05, 0) is 44.0 Å². The minimum absolute atomic E-state index is 0.453. The van der Waals surface area contributed by atoms with E-state index in [1.165, 1.54) is 5.56 Å². The Morgan fingerprint density at radius 3 is 2.62 bits per heavy atom. The third kappa shape index (κ3) is 3.91. The fourth-order valence-corrected chi connectivity index (χ4v) is 1.90. The van der Waals surface area contributed by atoms with Crippen molar-refractivity contribution in [1.82, 2.24) is 10.3 Å². The molecular formula is C13H22N2O. The van der Waals surface area contributed by atoms with Gasteiger partial charge >= 0.3 is 0 Å². The second kappa shape index (κ2) is 7.36. The van der Waals surface area contributed by atoms with Crippen LogP contribution in [-0.4, -0.2) is 31.3 Å². The Morgan fingerprint density at radius 1 is 1.38 bits per heavy atom. The summed E-state index contributed by atoms with van der Waals surface area (Å²) in [5.41, 5.74) is 1.32. The summed E-state index contributed by atoms with van der Waals surface area (Å²) in [7, 11) is 2.01. The van der Waals surface area contributed by atoms with Gasteiger partial charge in [-0.1, -0.05) is 6.92 Å². The number of nitrogens with zero attached hydrogens (tertiary/aromatic N) is 1. The van der Waals surface area contributed by atoms with Gasteiger partial charge in [0.2, 0.25) is 0 Å². The molecule has 0 fully saturated rings. The summed E-state index contributed by atoms with van der Waals surface area (Å²) in [5, 5.41) is 3.36. The lowest BCUT2D eigenvalue weighted by molar-refractivity contribution is 0.134. The zero-order valence-corrected chi connectivity index (χ0v) is 10.4. The van der Waals surface area contributed by atoms with Crippen molar-refractivity contribution in [2.75, 3.05) is 20.3 Å². The van der Waals surface area contributed by atoms with E-state index in [2.05, 4.69) is 29.4 Å². The normalized spacial score (nSPS) is 14.7. The van der Waals surface area contributed by atoms with Crippen LogP contribution in [0.4, 0.5) is 0 Å². The van der Waals surface area contributed by atoms with Crippen LogP contribution in [0.2, 0.25) is 0 Å². The molecule has 0 aromatic carbocycles. The Morgan fingerprint density at radius 2 is 2.06 bits per heavy atom. The standard InChI is InChI=1S/C13H22N2O/c1-4-16-10-7-13(14-3)11(2)12-5-8-15-9-6-12/h5-6,8-9,11,13-14H,4,7,10H2,1-3H3. The van der Waals surface area contributed by atoms with Gasteiger partial charge in [0.05, 0.1) is 0 Å². The smallest absolute Gasteiger partial charge is 0.0480 e. The number of nitrogens with one attached hydrogen (secondary N) is 1. The number of aromatic nitrogens is 1. The summed E-state index contributed by atoms with van der Waals surface area (Å²) < 4.78 is 5.40. The van der Waals surface area contributed by atoms with Gasteiger partial charge < -0.3 is 10.1 Å². The average molecular weight is 222 g/mol. The molecule has 16 heavy (non-hydrogen) atoms. The predicted octanol–water partition coefficient (Wildman–Crippen LogP) is 2.20. The number of ether oxygens (including phenoxy) is 1. The molecule has 0 spiro atoms. The molecule has 0 amide bonds. The predicted molar refractivity (Wildman–Crippen MR) is 66.6 cm³/mol. The fraction of sp³-hybridized carbons (Fsp3) is 0.615. The zero-order chi connectivity index (χ0) is 11.8. The number of pyridine rings is 1. The molecule has 1 N–H and O–H groups in total. The largest absolute Gasteiger partial charge is 0.382 e. The zero-order valence-electron chi connectivity index (χ0n) is 10.4. The molecule has 0 aliphatic carbocycles. The van der Waals surface area contributed by atoms with E-state index in [0.717, 1.165) is 19.6 Å². The minimum atomic E-state index is 0.453. The van der Waals surface area contributed by atoms with E-state index < -0.39 is 0 Å². The summed E-state index contributed by atoms with van der Waals surface area (Å²) in [6.07, 6.45) is 4.73. The molecule has 90 valence electrons. The van der Waals surface area contributed by atoms with Gasteiger partial charge in [-0.25, -0.2) is 0 Å². The number of hydrogen-bond donors (Lipinski definition) is 1. The van der Waals surface area contributed by atoms with Crippen molar-refractivity contribution < 1.29 is 4.74 Å². The Labute approximate surface area is 98.2 Å². The van der Waals surface area contributed by atoms with Crippen molar-refractivity contribution in [2.45, 2.75) is 32.2 Å². The van der Waals surface area contributed by atoms with E-state index in [4.69, 9.17) is 4.74 Å². The van der Waals surface area contributed by atoms with Crippen LogP contribution in [0.5, 0.6) is 0 Å². The molecule has 1 heterocycles. The molecule has 0 bridgehead atoms. The molecule has 0 aliphatic rings. The summed E-state index contributed by atoms with van der Waals surface area (Å²) in [6, 6.07) is 4.61. The van der Waals surface area contributed by atoms with Crippen LogP contribution in [0.25, 0.3) is 0 Å². The quantitative estimate of drug-likeness (QED) is 0.718. The molecule has 2 atom stereocenters. The van der Waals surface area contributed by atoms with Crippen LogP contribution in [0.3, 0.4) is 0 Å². The van der Waals surface area contributed by atoms with Crippen LogP contribution < -0.4 is 5.32 Å². The number of likely N-dealkylation sites (N-methyl/N-ethyl adjacent to an activating group) is 1.